The number of hydrogen-bond acceptors (Lipinski definition) is 3. The molecule has 0 fully saturated rings. The minimum atomic E-state index is -3.02. The number of nitrogens with zero attached hydrogens (tertiary/aromatic N) is 2. The third-order valence-corrected chi connectivity index (χ3v) is 3.51. The van der Waals surface area contributed by atoms with Crippen molar-refractivity contribution in [3.63, 3.8) is 0 Å². The van der Waals surface area contributed by atoms with Crippen LogP contribution in [-0.2, 0) is 16.6 Å². The maximum Gasteiger partial charge on any atom is 0.211 e. The van der Waals surface area contributed by atoms with Crippen molar-refractivity contribution < 1.29 is 8.42 Å². The Morgan fingerprint density at radius 3 is 2.80 bits per heavy atom. The fourth-order valence-corrected chi connectivity index (χ4v) is 1.83. The van der Waals surface area contributed by atoms with Gasteiger partial charge in [-0.3, -0.25) is 0 Å². The zero-order chi connectivity index (χ0) is 11.1. The molecule has 6 heteroatoms. The molecule has 0 aliphatic heterocycles. The van der Waals surface area contributed by atoms with Crippen LogP contribution < -0.4 is 4.72 Å². The Hall–Kier alpha value is -0.880. The third kappa shape index (κ3) is 4.94. The topological polar surface area (TPSA) is 64.0 Å². The summed E-state index contributed by atoms with van der Waals surface area (Å²) in [7, 11) is -3.02. The molecule has 0 radical (unpaired) electrons. The summed E-state index contributed by atoms with van der Waals surface area (Å²) in [6.45, 7) is 3.03. The number of hydrogen-bond donors (Lipinski definition) is 1. The van der Waals surface area contributed by atoms with Crippen LogP contribution in [0.3, 0.4) is 0 Å². The molecule has 0 aliphatic carbocycles. The molecule has 1 aromatic rings. The molecular weight excluding hydrogens is 214 g/mol. The van der Waals surface area contributed by atoms with Crippen molar-refractivity contribution in [2.45, 2.75) is 26.3 Å². The summed E-state index contributed by atoms with van der Waals surface area (Å²) < 4.78 is 26.6. The second kappa shape index (κ2) is 5.87. The molecule has 1 N–H and O–H groups in total. The highest BCUT2D eigenvalue weighted by molar-refractivity contribution is 7.89. The number of rotatable bonds is 7. The smallest absolute Gasteiger partial charge is 0.211 e. The molecule has 0 spiro atoms. The molecule has 0 atom stereocenters. The molecule has 0 saturated carbocycles. The van der Waals surface area contributed by atoms with Gasteiger partial charge in [0.1, 0.15) is 0 Å². The van der Waals surface area contributed by atoms with Gasteiger partial charge in [0.2, 0.25) is 10.0 Å². The highest BCUT2D eigenvalue weighted by Gasteiger charge is 2.03. The van der Waals surface area contributed by atoms with E-state index in [4.69, 9.17) is 0 Å². The molecule has 0 unspecified atom stereocenters. The van der Waals surface area contributed by atoms with Crippen LogP contribution in [0.25, 0.3) is 0 Å². The number of unbranched alkanes of at least 4 members (excludes halogenated alkanes) is 1. The van der Waals surface area contributed by atoms with Crippen molar-refractivity contribution in [1.29, 1.82) is 0 Å². The first kappa shape index (κ1) is 12.2. The van der Waals surface area contributed by atoms with Crippen LogP contribution in [0, 0.1) is 0 Å². The summed E-state index contributed by atoms with van der Waals surface area (Å²) in [6.07, 6.45) is 7.19. The number of nitrogens with one attached hydrogen (secondary N) is 1. The average Bonchev–Trinajstić information content (AvgIpc) is 2.70. The molecule has 1 aromatic heterocycles. The Balaban J connectivity index is 2.08. The van der Waals surface area contributed by atoms with Crippen LogP contribution >= 0.6 is 0 Å². The molecule has 15 heavy (non-hydrogen) atoms. The fraction of sp³-hybridized carbons (Fsp3) is 0.667. The van der Waals surface area contributed by atoms with Gasteiger partial charge in [-0.1, -0.05) is 0 Å². The van der Waals surface area contributed by atoms with Crippen molar-refractivity contribution in [2.24, 2.45) is 0 Å². The highest BCUT2D eigenvalue weighted by Crippen LogP contribution is 1.94. The summed E-state index contributed by atoms with van der Waals surface area (Å²) in [4.78, 5) is 3.93. The van der Waals surface area contributed by atoms with Gasteiger partial charge in [0.15, 0.2) is 0 Å². The maximum atomic E-state index is 11.1. The lowest BCUT2D eigenvalue weighted by Gasteiger charge is -2.04. The van der Waals surface area contributed by atoms with Gasteiger partial charge in [0.25, 0.3) is 0 Å². The van der Waals surface area contributed by atoms with Crippen molar-refractivity contribution in [3.05, 3.63) is 18.7 Å². The SMILES string of the molecule is CCS(=O)(=O)NCCCCn1ccnc1. The van der Waals surface area contributed by atoms with E-state index in [-0.39, 0.29) is 5.75 Å². The summed E-state index contributed by atoms with van der Waals surface area (Å²) in [5.41, 5.74) is 0. The first-order valence-electron chi connectivity index (χ1n) is 5.07. The zero-order valence-corrected chi connectivity index (χ0v) is 9.70. The molecule has 0 saturated heterocycles. The van der Waals surface area contributed by atoms with Crippen molar-refractivity contribution in [2.75, 3.05) is 12.3 Å². The molecule has 0 aromatic carbocycles. The molecule has 0 aliphatic rings. The van der Waals surface area contributed by atoms with Gasteiger partial charge in [-0.05, 0) is 19.8 Å². The van der Waals surface area contributed by atoms with Gasteiger partial charge in [-0.2, -0.15) is 0 Å². The zero-order valence-electron chi connectivity index (χ0n) is 8.89. The number of aromatic nitrogens is 2. The average molecular weight is 231 g/mol. The van der Waals surface area contributed by atoms with Crippen molar-refractivity contribution in [3.8, 4) is 0 Å². The van der Waals surface area contributed by atoms with E-state index < -0.39 is 10.0 Å². The Morgan fingerprint density at radius 2 is 2.20 bits per heavy atom. The van der Waals surface area contributed by atoms with Gasteiger partial charge >= 0.3 is 0 Å². The van der Waals surface area contributed by atoms with Crippen molar-refractivity contribution in [1.82, 2.24) is 14.3 Å². The summed E-state index contributed by atoms with van der Waals surface area (Å²) in [5, 5.41) is 0. The Labute approximate surface area is 90.6 Å². The van der Waals surface area contributed by atoms with E-state index >= 15 is 0 Å². The van der Waals surface area contributed by atoms with Gasteiger partial charge in [-0.15, -0.1) is 0 Å². The second-order valence-electron chi connectivity index (χ2n) is 3.31. The van der Waals surface area contributed by atoms with Crippen LogP contribution in [-0.4, -0.2) is 30.3 Å². The number of aryl methyl sites for hydroxylation is 1. The fourth-order valence-electron chi connectivity index (χ4n) is 1.17. The van der Waals surface area contributed by atoms with E-state index in [1.807, 2.05) is 10.8 Å². The van der Waals surface area contributed by atoms with Crippen molar-refractivity contribution >= 4 is 10.0 Å². The molecule has 0 amide bonds. The first-order valence-corrected chi connectivity index (χ1v) is 6.72. The lowest BCUT2D eigenvalue weighted by Crippen LogP contribution is -2.26. The Morgan fingerprint density at radius 1 is 1.40 bits per heavy atom. The summed E-state index contributed by atoms with van der Waals surface area (Å²) in [5.74, 6) is 0.147. The molecule has 5 nitrogen and oxygen atoms in total. The molecule has 1 rings (SSSR count). The maximum absolute atomic E-state index is 11.1. The van der Waals surface area contributed by atoms with Gasteiger partial charge < -0.3 is 4.57 Å². The molecule has 0 bridgehead atoms. The third-order valence-electron chi connectivity index (χ3n) is 2.10. The predicted molar refractivity (Wildman–Crippen MR) is 58.9 cm³/mol. The predicted octanol–water partition coefficient (Wildman–Crippen LogP) is 0.603. The largest absolute Gasteiger partial charge is 0.337 e. The van der Waals surface area contributed by atoms with Gasteiger partial charge in [0, 0.05) is 25.5 Å². The Kier molecular flexibility index (Phi) is 4.77. The first-order chi connectivity index (χ1) is 7.14. The van der Waals surface area contributed by atoms with E-state index in [2.05, 4.69) is 9.71 Å². The van der Waals surface area contributed by atoms with Crippen LogP contribution in [0.5, 0.6) is 0 Å². The highest BCUT2D eigenvalue weighted by atomic mass is 32.2. The second-order valence-corrected chi connectivity index (χ2v) is 5.40. The van der Waals surface area contributed by atoms with E-state index in [1.54, 1.807) is 19.4 Å². The standard InChI is InChI=1S/C9H17N3O2S/c1-2-15(13,14)11-5-3-4-7-12-8-6-10-9-12/h6,8-9,11H,2-5,7H2,1H3. The lowest BCUT2D eigenvalue weighted by atomic mass is 10.3. The Bertz CT molecular complexity index is 359. The van der Waals surface area contributed by atoms with Gasteiger partial charge in [-0.25, -0.2) is 18.1 Å². The number of sulfonamides is 1. The lowest BCUT2D eigenvalue weighted by molar-refractivity contribution is 0.567. The van der Waals surface area contributed by atoms with E-state index in [0.29, 0.717) is 6.54 Å². The monoisotopic (exact) mass is 231 g/mol. The molecule has 1 heterocycles. The number of imidazole rings is 1. The summed E-state index contributed by atoms with van der Waals surface area (Å²) in [6, 6.07) is 0. The normalized spacial score (nSPS) is 11.8. The minimum Gasteiger partial charge on any atom is -0.337 e. The van der Waals surface area contributed by atoms with E-state index in [1.165, 1.54) is 0 Å². The van der Waals surface area contributed by atoms with E-state index in [9.17, 15) is 8.42 Å². The van der Waals surface area contributed by atoms with Crippen LogP contribution in [0.4, 0.5) is 0 Å². The van der Waals surface area contributed by atoms with Gasteiger partial charge in [0.05, 0.1) is 12.1 Å². The van der Waals surface area contributed by atoms with Crippen LogP contribution in [0.15, 0.2) is 18.7 Å². The quantitative estimate of drug-likeness (QED) is 0.699. The molecular formula is C9H17N3O2S. The minimum absolute atomic E-state index is 0.147. The van der Waals surface area contributed by atoms with Crippen LogP contribution in [0.1, 0.15) is 19.8 Å². The van der Waals surface area contributed by atoms with E-state index in [0.717, 1.165) is 19.4 Å². The molecule has 86 valence electrons. The van der Waals surface area contributed by atoms with Crippen LogP contribution in [0.2, 0.25) is 0 Å². The summed E-state index contributed by atoms with van der Waals surface area (Å²) >= 11 is 0.